The molecule has 0 bridgehead atoms. The summed E-state index contributed by atoms with van der Waals surface area (Å²) in [6.07, 6.45) is 0. The Bertz CT molecular complexity index is 339. The molecule has 0 heterocycles. The third kappa shape index (κ3) is 4.92. The van der Waals surface area contributed by atoms with Gasteiger partial charge in [0.25, 0.3) is 0 Å². The Morgan fingerprint density at radius 1 is 1.11 bits per heavy atom. The third-order valence-corrected chi connectivity index (χ3v) is 3.75. The Morgan fingerprint density at radius 2 is 1.67 bits per heavy atom. The highest BCUT2D eigenvalue weighted by atomic mass is 35.5. The SMILES string of the molecule is COc1ccc(OCCNC(C)(CCl)CCl)cc1. The molecule has 102 valence electrons. The number of rotatable bonds is 8. The third-order valence-electron chi connectivity index (χ3n) is 2.57. The van der Waals surface area contributed by atoms with Crippen molar-refractivity contribution in [1.29, 1.82) is 0 Å². The summed E-state index contributed by atoms with van der Waals surface area (Å²) < 4.78 is 10.7. The van der Waals surface area contributed by atoms with E-state index in [1.807, 2.05) is 31.2 Å². The molecule has 0 saturated carbocycles. The molecule has 1 aromatic rings. The minimum atomic E-state index is -0.244. The first-order chi connectivity index (χ1) is 8.63. The normalized spacial score (nSPS) is 11.3. The Hall–Kier alpha value is -0.640. The number of benzene rings is 1. The average molecular weight is 292 g/mol. The average Bonchev–Trinajstić information content (AvgIpc) is 2.44. The lowest BCUT2D eigenvalue weighted by Gasteiger charge is -2.25. The second-order valence-electron chi connectivity index (χ2n) is 4.28. The summed E-state index contributed by atoms with van der Waals surface area (Å²) in [6.45, 7) is 3.25. The molecule has 0 saturated heterocycles. The summed E-state index contributed by atoms with van der Waals surface area (Å²) in [5, 5.41) is 3.27. The Morgan fingerprint density at radius 3 is 2.17 bits per heavy atom. The van der Waals surface area contributed by atoms with Crippen molar-refractivity contribution in [3.63, 3.8) is 0 Å². The maximum Gasteiger partial charge on any atom is 0.119 e. The summed E-state index contributed by atoms with van der Waals surface area (Å²) in [5.41, 5.74) is -0.244. The van der Waals surface area contributed by atoms with Crippen LogP contribution in [0.15, 0.2) is 24.3 Å². The van der Waals surface area contributed by atoms with Crippen molar-refractivity contribution < 1.29 is 9.47 Å². The topological polar surface area (TPSA) is 30.5 Å². The van der Waals surface area contributed by atoms with Crippen LogP contribution in [-0.2, 0) is 0 Å². The molecular weight excluding hydrogens is 273 g/mol. The van der Waals surface area contributed by atoms with E-state index in [-0.39, 0.29) is 5.54 Å². The van der Waals surface area contributed by atoms with Gasteiger partial charge in [-0.25, -0.2) is 0 Å². The fourth-order valence-corrected chi connectivity index (χ4v) is 1.80. The van der Waals surface area contributed by atoms with Crippen LogP contribution in [0.5, 0.6) is 11.5 Å². The molecule has 1 N–H and O–H groups in total. The van der Waals surface area contributed by atoms with E-state index in [4.69, 9.17) is 32.7 Å². The molecule has 0 aliphatic rings. The molecule has 0 unspecified atom stereocenters. The summed E-state index contributed by atoms with van der Waals surface area (Å²) in [7, 11) is 1.64. The van der Waals surface area contributed by atoms with Crippen LogP contribution in [0.25, 0.3) is 0 Å². The second kappa shape index (κ2) is 7.72. The van der Waals surface area contributed by atoms with E-state index in [1.54, 1.807) is 7.11 Å². The van der Waals surface area contributed by atoms with Gasteiger partial charge in [0.15, 0.2) is 0 Å². The smallest absolute Gasteiger partial charge is 0.119 e. The number of alkyl halides is 2. The van der Waals surface area contributed by atoms with E-state index >= 15 is 0 Å². The van der Waals surface area contributed by atoms with Gasteiger partial charge in [0.1, 0.15) is 18.1 Å². The van der Waals surface area contributed by atoms with Gasteiger partial charge in [-0.1, -0.05) is 0 Å². The quantitative estimate of drug-likeness (QED) is 0.590. The van der Waals surface area contributed by atoms with E-state index in [0.29, 0.717) is 24.9 Å². The standard InChI is InChI=1S/C13H19Cl2NO2/c1-13(9-14,10-15)16-7-8-18-12-5-3-11(17-2)4-6-12/h3-6,16H,7-10H2,1-2H3. The molecule has 0 fully saturated rings. The van der Waals surface area contributed by atoms with Crippen molar-refractivity contribution in [2.45, 2.75) is 12.5 Å². The number of hydrogen-bond donors (Lipinski definition) is 1. The summed E-state index contributed by atoms with van der Waals surface area (Å²) in [5.74, 6) is 2.58. The van der Waals surface area contributed by atoms with E-state index < -0.39 is 0 Å². The van der Waals surface area contributed by atoms with Crippen LogP contribution in [0.3, 0.4) is 0 Å². The molecule has 0 amide bonds. The van der Waals surface area contributed by atoms with E-state index in [1.165, 1.54) is 0 Å². The van der Waals surface area contributed by atoms with Crippen molar-refractivity contribution in [2.75, 3.05) is 32.0 Å². The second-order valence-corrected chi connectivity index (χ2v) is 4.81. The van der Waals surface area contributed by atoms with Gasteiger partial charge in [-0.3, -0.25) is 0 Å². The summed E-state index contributed by atoms with van der Waals surface area (Å²) >= 11 is 11.7. The lowest BCUT2D eigenvalue weighted by Crippen LogP contribution is -2.47. The van der Waals surface area contributed by atoms with Crippen molar-refractivity contribution in [1.82, 2.24) is 5.32 Å². The van der Waals surface area contributed by atoms with Crippen LogP contribution >= 0.6 is 23.2 Å². The fourth-order valence-electron chi connectivity index (χ4n) is 1.32. The monoisotopic (exact) mass is 291 g/mol. The Kier molecular flexibility index (Phi) is 6.61. The molecule has 0 radical (unpaired) electrons. The molecule has 0 spiro atoms. The first-order valence-corrected chi connectivity index (χ1v) is 6.84. The van der Waals surface area contributed by atoms with Crippen molar-refractivity contribution in [2.24, 2.45) is 0 Å². The van der Waals surface area contributed by atoms with E-state index in [2.05, 4.69) is 5.32 Å². The Balaban J connectivity index is 2.29. The predicted octanol–water partition coefficient (Wildman–Crippen LogP) is 2.90. The summed E-state index contributed by atoms with van der Waals surface area (Å²) in [4.78, 5) is 0. The van der Waals surface area contributed by atoms with Crippen LogP contribution in [-0.4, -0.2) is 37.6 Å². The van der Waals surface area contributed by atoms with Crippen LogP contribution < -0.4 is 14.8 Å². The van der Waals surface area contributed by atoms with E-state index in [0.717, 1.165) is 11.5 Å². The fraction of sp³-hybridized carbons (Fsp3) is 0.538. The molecule has 1 aromatic carbocycles. The highest BCUT2D eigenvalue weighted by Crippen LogP contribution is 2.16. The largest absolute Gasteiger partial charge is 0.497 e. The van der Waals surface area contributed by atoms with Crippen molar-refractivity contribution >= 4 is 23.2 Å². The Labute approximate surface area is 118 Å². The summed E-state index contributed by atoms with van der Waals surface area (Å²) in [6, 6.07) is 7.48. The van der Waals surface area contributed by atoms with Gasteiger partial charge in [-0.2, -0.15) is 0 Å². The van der Waals surface area contributed by atoms with Crippen LogP contribution in [0, 0.1) is 0 Å². The first kappa shape index (κ1) is 15.4. The highest BCUT2D eigenvalue weighted by Gasteiger charge is 2.20. The molecule has 0 aromatic heterocycles. The van der Waals surface area contributed by atoms with Crippen molar-refractivity contribution in [3.8, 4) is 11.5 Å². The number of halogens is 2. The molecule has 0 atom stereocenters. The molecular formula is C13H19Cl2NO2. The minimum absolute atomic E-state index is 0.244. The van der Waals surface area contributed by atoms with Crippen LogP contribution in [0.2, 0.25) is 0 Å². The molecule has 5 heteroatoms. The number of methoxy groups -OCH3 is 1. The van der Waals surface area contributed by atoms with E-state index in [9.17, 15) is 0 Å². The first-order valence-electron chi connectivity index (χ1n) is 5.77. The van der Waals surface area contributed by atoms with Gasteiger partial charge in [0.2, 0.25) is 0 Å². The molecule has 1 rings (SSSR count). The maximum atomic E-state index is 5.84. The maximum absolute atomic E-state index is 5.84. The number of hydrogen-bond acceptors (Lipinski definition) is 3. The van der Waals surface area contributed by atoms with Gasteiger partial charge in [-0.05, 0) is 31.2 Å². The molecule has 18 heavy (non-hydrogen) atoms. The van der Waals surface area contributed by atoms with Crippen LogP contribution in [0.4, 0.5) is 0 Å². The molecule has 3 nitrogen and oxygen atoms in total. The predicted molar refractivity (Wildman–Crippen MR) is 76.3 cm³/mol. The van der Waals surface area contributed by atoms with Crippen LogP contribution in [0.1, 0.15) is 6.92 Å². The minimum Gasteiger partial charge on any atom is -0.497 e. The molecule has 0 aliphatic carbocycles. The zero-order valence-corrected chi connectivity index (χ0v) is 12.2. The lowest BCUT2D eigenvalue weighted by molar-refractivity contribution is 0.292. The number of nitrogens with one attached hydrogen (secondary N) is 1. The van der Waals surface area contributed by atoms with Gasteiger partial charge in [0, 0.05) is 23.8 Å². The van der Waals surface area contributed by atoms with Gasteiger partial charge >= 0.3 is 0 Å². The highest BCUT2D eigenvalue weighted by molar-refractivity contribution is 6.22. The van der Waals surface area contributed by atoms with Gasteiger partial charge < -0.3 is 14.8 Å². The lowest BCUT2D eigenvalue weighted by atomic mass is 10.1. The van der Waals surface area contributed by atoms with Crippen molar-refractivity contribution in [3.05, 3.63) is 24.3 Å². The number of ether oxygens (including phenoxy) is 2. The zero-order chi connectivity index (χ0) is 13.4. The zero-order valence-electron chi connectivity index (χ0n) is 10.7. The van der Waals surface area contributed by atoms with Gasteiger partial charge in [-0.15, -0.1) is 23.2 Å². The van der Waals surface area contributed by atoms with Gasteiger partial charge in [0.05, 0.1) is 7.11 Å². The molecule has 0 aliphatic heterocycles.